The summed E-state index contributed by atoms with van der Waals surface area (Å²) in [5.41, 5.74) is 5.92. The van der Waals surface area contributed by atoms with E-state index in [4.69, 9.17) is 16.6 Å². The first-order valence-corrected chi connectivity index (χ1v) is 19.5. The highest BCUT2D eigenvalue weighted by Crippen LogP contribution is 2.30. The molecule has 0 spiro atoms. The summed E-state index contributed by atoms with van der Waals surface area (Å²) in [5.74, 6) is -1.22. The minimum atomic E-state index is -0.538. The van der Waals surface area contributed by atoms with Gasteiger partial charge in [0, 0.05) is 57.8 Å². The molecule has 0 aliphatic rings. The van der Waals surface area contributed by atoms with Gasteiger partial charge in [0.25, 0.3) is 11.8 Å². The third-order valence-corrected chi connectivity index (χ3v) is 8.97. The zero-order chi connectivity index (χ0) is 42.7. The molecular weight excluding hydrogens is 758 g/mol. The number of hydrogen-bond acceptors (Lipinski definition) is 6. The smallest absolute Gasteiger partial charge is 0.251 e. The molecule has 304 valence electrons. The first-order chi connectivity index (χ1) is 27.1. The van der Waals surface area contributed by atoms with E-state index < -0.39 is 11.4 Å². The molecule has 10 nitrogen and oxygen atoms in total. The highest BCUT2D eigenvalue weighted by molar-refractivity contribution is 6.30. The number of carbonyl (C=O) groups excluding carboxylic acids is 2. The van der Waals surface area contributed by atoms with Crippen LogP contribution in [0.3, 0.4) is 0 Å². The van der Waals surface area contributed by atoms with Gasteiger partial charge in [0.05, 0.1) is 39.2 Å². The standard InChI is InChI=1S/C23H27FN4O.C22H24ClFN4O/c1-14(2)28-21(9-10-25-28)20-13-17(22(29)27-23(4,5)6)12-19(26-20)16-7-8-18(24)15(3)11-16;1-13(2)28-20(8-9-25-28)19-12-15(21(29)27-22(3,4)5)11-18(26-19)14-6-7-16(23)17(24)10-14/h7-14H,1-6H3,(H,27,29);6-13H,1-5H3,(H,27,29). The second-order valence-corrected chi connectivity index (χ2v) is 17.2. The van der Waals surface area contributed by atoms with E-state index in [9.17, 15) is 18.4 Å². The van der Waals surface area contributed by atoms with Crippen LogP contribution in [0.15, 0.2) is 85.2 Å². The molecule has 13 heteroatoms. The Morgan fingerprint density at radius 3 is 1.41 bits per heavy atom. The summed E-state index contributed by atoms with van der Waals surface area (Å²) in [6.07, 6.45) is 3.42. The zero-order valence-electron chi connectivity index (χ0n) is 34.9. The average Bonchev–Trinajstić information content (AvgIpc) is 3.84. The van der Waals surface area contributed by atoms with E-state index in [0.717, 1.165) is 17.0 Å². The lowest BCUT2D eigenvalue weighted by Crippen LogP contribution is -2.40. The molecule has 0 saturated heterocycles. The Balaban J connectivity index is 0.000000221. The lowest BCUT2D eigenvalue weighted by molar-refractivity contribution is 0.0910. The van der Waals surface area contributed by atoms with Gasteiger partial charge in [-0.05, 0) is 148 Å². The molecule has 0 saturated carbocycles. The van der Waals surface area contributed by atoms with Crippen molar-refractivity contribution in [1.29, 1.82) is 0 Å². The van der Waals surface area contributed by atoms with E-state index in [0.29, 0.717) is 45.0 Å². The van der Waals surface area contributed by atoms with Gasteiger partial charge in [0.2, 0.25) is 0 Å². The van der Waals surface area contributed by atoms with Crippen molar-refractivity contribution in [2.45, 2.75) is 99.3 Å². The predicted octanol–water partition coefficient (Wildman–Crippen LogP) is 10.7. The molecule has 4 heterocycles. The quantitative estimate of drug-likeness (QED) is 0.158. The second kappa shape index (κ2) is 17.4. The Bertz CT molecular complexity index is 2270. The molecule has 0 aliphatic carbocycles. The van der Waals surface area contributed by atoms with Gasteiger partial charge in [-0.25, -0.2) is 18.7 Å². The van der Waals surface area contributed by atoms with Crippen LogP contribution in [0.1, 0.15) is 108 Å². The van der Waals surface area contributed by atoms with Crippen LogP contribution < -0.4 is 10.6 Å². The average molecular weight is 809 g/mol. The minimum absolute atomic E-state index is 0.0356. The summed E-state index contributed by atoms with van der Waals surface area (Å²) in [4.78, 5) is 35.2. The number of halogens is 3. The van der Waals surface area contributed by atoms with Crippen LogP contribution in [0.5, 0.6) is 0 Å². The van der Waals surface area contributed by atoms with Gasteiger partial charge >= 0.3 is 0 Å². The predicted molar refractivity (Wildman–Crippen MR) is 227 cm³/mol. The first kappa shape index (κ1) is 43.4. The number of amides is 2. The number of aromatic nitrogens is 6. The number of pyridine rings is 2. The fraction of sp³-hybridized carbons (Fsp3) is 0.333. The van der Waals surface area contributed by atoms with Crippen LogP contribution in [0.2, 0.25) is 5.02 Å². The molecular formula is C45H51ClF2N8O2. The maximum absolute atomic E-state index is 14.0. The number of rotatable bonds is 8. The Kier molecular flexibility index (Phi) is 13.0. The van der Waals surface area contributed by atoms with Crippen LogP contribution in [-0.4, -0.2) is 52.4 Å². The van der Waals surface area contributed by atoms with E-state index in [2.05, 4.69) is 25.8 Å². The van der Waals surface area contributed by atoms with Gasteiger partial charge in [0.15, 0.2) is 0 Å². The molecule has 2 aromatic carbocycles. The van der Waals surface area contributed by atoms with Gasteiger partial charge in [-0.3, -0.25) is 19.0 Å². The SMILES string of the molecule is CC(C)n1nccc1-c1cc(C(=O)NC(C)(C)C)cc(-c2ccc(Cl)c(F)c2)n1.Cc1cc(-c2cc(C(=O)NC(C)(C)C)cc(-c3ccnn3C(C)C)n2)ccc1F. The van der Waals surface area contributed by atoms with Crippen molar-refractivity contribution >= 4 is 23.4 Å². The van der Waals surface area contributed by atoms with Crippen LogP contribution in [-0.2, 0) is 0 Å². The van der Waals surface area contributed by atoms with Crippen molar-refractivity contribution in [3.8, 4) is 45.3 Å². The van der Waals surface area contributed by atoms with Crippen molar-refractivity contribution in [2.75, 3.05) is 0 Å². The lowest BCUT2D eigenvalue weighted by atomic mass is 10.0. The van der Waals surface area contributed by atoms with Crippen LogP contribution in [0.4, 0.5) is 8.78 Å². The maximum atomic E-state index is 14.0. The van der Waals surface area contributed by atoms with E-state index in [-0.39, 0.29) is 40.3 Å². The van der Waals surface area contributed by atoms with Crippen molar-refractivity contribution in [3.05, 3.63) is 119 Å². The van der Waals surface area contributed by atoms with Crippen LogP contribution in [0.25, 0.3) is 45.3 Å². The second-order valence-electron chi connectivity index (χ2n) is 16.8. The molecule has 6 aromatic rings. The molecule has 58 heavy (non-hydrogen) atoms. The van der Waals surface area contributed by atoms with Gasteiger partial charge in [-0.1, -0.05) is 17.7 Å². The number of benzene rings is 2. The summed E-state index contributed by atoms with van der Waals surface area (Å²) < 4.78 is 31.5. The molecule has 2 N–H and O–H groups in total. The normalized spacial score (nSPS) is 11.7. The summed E-state index contributed by atoms with van der Waals surface area (Å²) >= 11 is 5.82. The largest absolute Gasteiger partial charge is 0.347 e. The Morgan fingerprint density at radius 1 is 0.603 bits per heavy atom. The van der Waals surface area contributed by atoms with Crippen molar-refractivity contribution in [2.24, 2.45) is 0 Å². The molecule has 0 radical (unpaired) electrons. The van der Waals surface area contributed by atoms with Crippen molar-refractivity contribution in [1.82, 2.24) is 40.2 Å². The Hall–Kier alpha value is -5.75. The van der Waals surface area contributed by atoms with Gasteiger partial charge in [-0.15, -0.1) is 0 Å². The van der Waals surface area contributed by atoms with E-state index in [1.54, 1.807) is 61.8 Å². The zero-order valence-corrected chi connectivity index (χ0v) is 35.6. The summed E-state index contributed by atoms with van der Waals surface area (Å²) in [5, 5.41) is 14.7. The first-order valence-electron chi connectivity index (χ1n) is 19.1. The molecule has 0 atom stereocenters. The van der Waals surface area contributed by atoms with E-state index in [1.165, 1.54) is 18.2 Å². The van der Waals surface area contributed by atoms with Crippen molar-refractivity contribution < 1.29 is 18.4 Å². The highest BCUT2D eigenvalue weighted by Gasteiger charge is 2.22. The topological polar surface area (TPSA) is 120 Å². The fourth-order valence-electron chi connectivity index (χ4n) is 6.02. The highest BCUT2D eigenvalue weighted by atomic mass is 35.5. The Morgan fingerprint density at radius 2 is 1.02 bits per heavy atom. The molecule has 4 aromatic heterocycles. The number of nitrogens with zero attached hydrogens (tertiary/aromatic N) is 6. The van der Waals surface area contributed by atoms with E-state index >= 15 is 0 Å². The third kappa shape index (κ3) is 10.8. The molecule has 0 fully saturated rings. The van der Waals surface area contributed by atoms with E-state index in [1.807, 2.05) is 90.7 Å². The fourth-order valence-corrected chi connectivity index (χ4v) is 6.14. The molecule has 0 bridgehead atoms. The van der Waals surface area contributed by atoms with Gasteiger partial charge in [-0.2, -0.15) is 10.2 Å². The minimum Gasteiger partial charge on any atom is -0.347 e. The number of hydrogen-bond donors (Lipinski definition) is 2. The Labute approximate surface area is 344 Å². The molecule has 0 unspecified atom stereocenters. The molecule has 2 amide bonds. The van der Waals surface area contributed by atoms with Crippen LogP contribution >= 0.6 is 11.6 Å². The van der Waals surface area contributed by atoms with Gasteiger partial charge in [0.1, 0.15) is 11.6 Å². The summed E-state index contributed by atoms with van der Waals surface area (Å²) in [6.45, 7) is 21.4. The van der Waals surface area contributed by atoms with Gasteiger partial charge < -0.3 is 10.6 Å². The third-order valence-electron chi connectivity index (χ3n) is 8.66. The number of carbonyl (C=O) groups is 2. The summed E-state index contributed by atoms with van der Waals surface area (Å²) in [6, 6.07) is 20.2. The molecule has 6 rings (SSSR count). The maximum Gasteiger partial charge on any atom is 0.251 e. The number of nitrogens with one attached hydrogen (secondary N) is 2. The van der Waals surface area contributed by atoms with Crippen molar-refractivity contribution in [3.63, 3.8) is 0 Å². The molecule has 0 aliphatic heterocycles. The summed E-state index contributed by atoms with van der Waals surface area (Å²) in [7, 11) is 0. The lowest BCUT2D eigenvalue weighted by Gasteiger charge is -2.21. The number of aryl methyl sites for hydroxylation is 1. The van der Waals surface area contributed by atoms with Crippen LogP contribution in [0, 0.1) is 18.6 Å². The monoisotopic (exact) mass is 808 g/mol.